The number of aromatic amines is 1. The first-order valence-corrected chi connectivity index (χ1v) is 10.5. The van der Waals surface area contributed by atoms with E-state index in [1.807, 2.05) is 36.4 Å². The van der Waals surface area contributed by atoms with Gasteiger partial charge in [-0.1, -0.05) is 12.1 Å². The Balaban J connectivity index is 1.29. The largest absolute Gasteiger partial charge is 0.355 e. The molecule has 4 aromatic rings. The molecule has 8 heteroatoms. The van der Waals surface area contributed by atoms with E-state index in [1.54, 1.807) is 18.2 Å². The molecule has 2 aromatic carbocycles. The number of nitrogens with zero attached hydrogens (tertiary/aromatic N) is 4. The van der Waals surface area contributed by atoms with Gasteiger partial charge >= 0.3 is 0 Å². The third-order valence-corrected chi connectivity index (χ3v) is 5.46. The highest BCUT2D eigenvalue weighted by Crippen LogP contribution is 2.24. The van der Waals surface area contributed by atoms with Crippen LogP contribution in [0.4, 0.5) is 15.9 Å². The maximum atomic E-state index is 13.1. The number of nitrogens with one attached hydrogen (secondary N) is 2. The molecule has 7 nitrogen and oxygen atoms in total. The average Bonchev–Trinajstić information content (AvgIpc) is 3.53. The number of hydrogen-bond acceptors (Lipinski definition) is 5. The van der Waals surface area contributed by atoms with Crippen LogP contribution in [0.25, 0.3) is 22.5 Å². The van der Waals surface area contributed by atoms with Crippen molar-refractivity contribution in [2.75, 3.05) is 23.3 Å². The van der Waals surface area contributed by atoms with Crippen molar-refractivity contribution in [3.8, 4) is 22.5 Å². The molecule has 1 saturated heterocycles. The first-order valence-electron chi connectivity index (χ1n) is 10.5. The van der Waals surface area contributed by atoms with Gasteiger partial charge in [-0.2, -0.15) is 5.10 Å². The van der Waals surface area contributed by atoms with Crippen LogP contribution in [0.15, 0.2) is 66.7 Å². The van der Waals surface area contributed by atoms with Gasteiger partial charge in [-0.25, -0.2) is 4.39 Å². The number of carbonyl (C=O) groups excluding carboxylic acids is 1. The lowest BCUT2D eigenvalue weighted by Crippen LogP contribution is -2.19. The molecule has 1 aliphatic rings. The van der Waals surface area contributed by atoms with Crippen LogP contribution in [0.2, 0.25) is 0 Å². The summed E-state index contributed by atoms with van der Waals surface area (Å²) >= 11 is 0. The van der Waals surface area contributed by atoms with Gasteiger partial charge < -0.3 is 10.2 Å². The Labute approximate surface area is 184 Å². The van der Waals surface area contributed by atoms with Gasteiger partial charge in [-0.05, 0) is 67.4 Å². The number of carbonyl (C=O) groups is 1. The molecule has 2 aromatic heterocycles. The molecule has 2 N–H and O–H groups in total. The summed E-state index contributed by atoms with van der Waals surface area (Å²) in [5, 5.41) is 18.5. The maximum Gasteiger partial charge on any atom is 0.273 e. The first-order chi connectivity index (χ1) is 15.7. The van der Waals surface area contributed by atoms with E-state index in [0.717, 1.165) is 35.7 Å². The summed E-state index contributed by atoms with van der Waals surface area (Å²) in [5.74, 6) is 0.253. The predicted molar refractivity (Wildman–Crippen MR) is 121 cm³/mol. The maximum absolute atomic E-state index is 13.1. The van der Waals surface area contributed by atoms with Gasteiger partial charge in [-0.15, -0.1) is 10.2 Å². The summed E-state index contributed by atoms with van der Waals surface area (Å²) in [5.41, 5.74) is 3.83. The Morgan fingerprint density at radius 1 is 0.906 bits per heavy atom. The van der Waals surface area contributed by atoms with Crippen molar-refractivity contribution in [2.45, 2.75) is 12.8 Å². The Kier molecular flexibility index (Phi) is 5.33. The number of H-pyrrole nitrogens is 1. The molecular weight excluding hydrogens is 407 g/mol. The summed E-state index contributed by atoms with van der Waals surface area (Å²) in [6.07, 6.45) is 2.37. The van der Waals surface area contributed by atoms with Crippen LogP contribution in [0.1, 0.15) is 23.3 Å². The summed E-state index contributed by atoms with van der Waals surface area (Å²) in [6.45, 7) is 2.04. The molecule has 1 amide bonds. The van der Waals surface area contributed by atoms with Crippen molar-refractivity contribution >= 4 is 17.4 Å². The van der Waals surface area contributed by atoms with Gasteiger partial charge in [-0.3, -0.25) is 9.89 Å². The second kappa shape index (κ2) is 8.58. The predicted octanol–water partition coefficient (Wildman–Crippen LogP) is 4.53. The normalized spacial score (nSPS) is 13.3. The number of benzene rings is 2. The molecule has 0 spiro atoms. The molecule has 0 atom stereocenters. The van der Waals surface area contributed by atoms with Gasteiger partial charge in [0.25, 0.3) is 5.91 Å². The van der Waals surface area contributed by atoms with Crippen molar-refractivity contribution < 1.29 is 9.18 Å². The highest BCUT2D eigenvalue weighted by molar-refractivity contribution is 6.03. The third kappa shape index (κ3) is 4.20. The van der Waals surface area contributed by atoms with Crippen LogP contribution in [0.5, 0.6) is 0 Å². The lowest BCUT2D eigenvalue weighted by molar-refractivity contribution is 0.102. The van der Waals surface area contributed by atoms with Gasteiger partial charge in [0.1, 0.15) is 11.5 Å². The molecule has 0 radical (unpaired) electrons. The van der Waals surface area contributed by atoms with E-state index >= 15 is 0 Å². The monoisotopic (exact) mass is 428 g/mol. The number of rotatable bonds is 5. The summed E-state index contributed by atoms with van der Waals surface area (Å²) in [7, 11) is 0. The first kappa shape index (κ1) is 19.9. The Bertz CT molecular complexity index is 1230. The Morgan fingerprint density at radius 3 is 2.47 bits per heavy atom. The molecule has 0 saturated carbocycles. The minimum Gasteiger partial charge on any atom is -0.355 e. The standard InChI is InChI=1S/C24H21FN6O/c25-18-8-6-16(7-9-18)21-15-22(29-28-21)24(32)26-19-5-3-4-17(14-19)20-10-11-23(30-27-20)31-12-1-2-13-31/h3-11,14-15H,1-2,12-13H2,(H,26,32)(H,28,29). The molecule has 1 aliphatic heterocycles. The molecule has 32 heavy (non-hydrogen) atoms. The van der Waals surface area contributed by atoms with E-state index in [9.17, 15) is 9.18 Å². The fraction of sp³-hybridized carbons (Fsp3) is 0.167. The molecular formula is C24H21FN6O. The minimum absolute atomic E-state index is 0.310. The number of hydrogen-bond donors (Lipinski definition) is 2. The van der Waals surface area contributed by atoms with Crippen LogP contribution < -0.4 is 10.2 Å². The second-order valence-electron chi connectivity index (χ2n) is 7.68. The number of amides is 1. The number of anilines is 2. The molecule has 1 fully saturated rings. The van der Waals surface area contributed by atoms with Crippen molar-refractivity contribution in [1.29, 1.82) is 0 Å². The highest BCUT2D eigenvalue weighted by Gasteiger charge is 2.15. The van der Waals surface area contributed by atoms with Gasteiger partial charge in [0.2, 0.25) is 0 Å². The Morgan fingerprint density at radius 2 is 1.72 bits per heavy atom. The van der Waals surface area contributed by atoms with Crippen LogP contribution in [-0.2, 0) is 0 Å². The lowest BCUT2D eigenvalue weighted by atomic mass is 10.1. The van der Waals surface area contributed by atoms with E-state index < -0.39 is 0 Å². The lowest BCUT2D eigenvalue weighted by Gasteiger charge is -2.15. The SMILES string of the molecule is O=C(Nc1cccc(-c2ccc(N3CCCC3)nn2)c1)c1cc(-c2ccc(F)cc2)n[nH]1. The molecule has 0 aliphatic carbocycles. The van der Waals surface area contributed by atoms with Gasteiger partial charge in [0.05, 0.1) is 11.4 Å². The van der Waals surface area contributed by atoms with Crippen molar-refractivity contribution in [3.63, 3.8) is 0 Å². The van der Waals surface area contributed by atoms with E-state index in [1.165, 1.54) is 25.0 Å². The van der Waals surface area contributed by atoms with Crippen molar-refractivity contribution in [3.05, 3.63) is 78.2 Å². The molecule has 3 heterocycles. The number of aromatic nitrogens is 4. The average molecular weight is 428 g/mol. The summed E-state index contributed by atoms with van der Waals surface area (Å²) in [6, 6.07) is 19.0. The fourth-order valence-electron chi connectivity index (χ4n) is 3.76. The van der Waals surface area contributed by atoms with Crippen LogP contribution in [0.3, 0.4) is 0 Å². The quantitative estimate of drug-likeness (QED) is 0.488. The van der Waals surface area contributed by atoms with E-state index in [2.05, 4.69) is 30.6 Å². The fourth-order valence-corrected chi connectivity index (χ4v) is 3.76. The summed E-state index contributed by atoms with van der Waals surface area (Å²) in [4.78, 5) is 14.9. The van der Waals surface area contributed by atoms with Gasteiger partial charge in [0, 0.05) is 29.9 Å². The molecule has 5 rings (SSSR count). The summed E-state index contributed by atoms with van der Waals surface area (Å²) < 4.78 is 13.1. The van der Waals surface area contributed by atoms with Crippen molar-refractivity contribution in [2.24, 2.45) is 0 Å². The zero-order valence-electron chi connectivity index (χ0n) is 17.3. The number of halogens is 1. The Hall–Kier alpha value is -4.07. The highest BCUT2D eigenvalue weighted by atomic mass is 19.1. The van der Waals surface area contributed by atoms with E-state index in [0.29, 0.717) is 17.1 Å². The molecule has 160 valence electrons. The molecule has 0 bridgehead atoms. The zero-order valence-corrected chi connectivity index (χ0v) is 17.3. The van der Waals surface area contributed by atoms with E-state index in [-0.39, 0.29) is 11.7 Å². The minimum atomic E-state index is -0.322. The van der Waals surface area contributed by atoms with E-state index in [4.69, 9.17) is 0 Å². The smallest absolute Gasteiger partial charge is 0.273 e. The van der Waals surface area contributed by atoms with Gasteiger partial charge in [0.15, 0.2) is 5.82 Å². The second-order valence-corrected chi connectivity index (χ2v) is 7.68. The van der Waals surface area contributed by atoms with Crippen LogP contribution in [-0.4, -0.2) is 39.4 Å². The van der Waals surface area contributed by atoms with Crippen LogP contribution in [0, 0.1) is 5.82 Å². The van der Waals surface area contributed by atoms with Crippen LogP contribution >= 0.6 is 0 Å². The third-order valence-electron chi connectivity index (χ3n) is 5.46. The zero-order chi connectivity index (χ0) is 21.9. The van der Waals surface area contributed by atoms with Crippen molar-refractivity contribution in [1.82, 2.24) is 20.4 Å². The topological polar surface area (TPSA) is 86.8 Å². The molecule has 0 unspecified atom stereocenters.